The third-order valence-corrected chi connectivity index (χ3v) is 1.06. The summed E-state index contributed by atoms with van der Waals surface area (Å²) in [5.74, 6) is -0.913. The average molecular weight is 158 g/mol. The van der Waals surface area contributed by atoms with Crippen LogP contribution in [0.5, 0.6) is 0 Å². The van der Waals surface area contributed by atoms with E-state index in [0.717, 1.165) is 12.8 Å². The Balaban J connectivity index is 3.02. The van der Waals surface area contributed by atoms with Gasteiger partial charge in [-0.25, -0.2) is 4.79 Å². The van der Waals surface area contributed by atoms with Gasteiger partial charge in [0.05, 0.1) is 6.61 Å². The van der Waals surface area contributed by atoms with E-state index in [1.165, 1.54) is 0 Å². The molecule has 11 heavy (non-hydrogen) atoms. The van der Waals surface area contributed by atoms with E-state index in [9.17, 15) is 4.79 Å². The summed E-state index contributed by atoms with van der Waals surface area (Å²) in [6, 6.07) is 0. The fourth-order valence-corrected chi connectivity index (χ4v) is 0.595. The first-order valence-corrected chi connectivity index (χ1v) is 3.72. The van der Waals surface area contributed by atoms with Gasteiger partial charge >= 0.3 is 5.97 Å². The van der Waals surface area contributed by atoms with Gasteiger partial charge in [0.2, 0.25) is 0 Å². The summed E-state index contributed by atoms with van der Waals surface area (Å²) in [5.41, 5.74) is 0. The number of allylic oxidation sites excluding steroid dienone is 1. The van der Waals surface area contributed by atoms with Crippen LogP contribution in [0.25, 0.3) is 0 Å². The lowest BCUT2D eigenvalue weighted by atomic mass is 10.3. The minimum atomic E-state index is -0.913. The molecule has 0 heterocycles. The van der Waals surface area contributed by atoms with Crippen LogP contribution >= 0.6 is 0 Å². The molecule has 0 aromatic rings. The first-order chi connectivity index (χ1) is 5.27. The molecule has 0 bridgehead atoms. The summed E-state index contributed by atoms with van der Waals surface area (Å²) in [5, 5.41) is 8.17. The summed E-state index contributed by atoms with van der Waals surface area (Å²) in [6.07, 6.45) is 5.83. The van der Waals surface area contributed by atoms with Crippen LogP contribution in [0.4, 0.5) is 0 Å². The van der Waals surface area contributed by atoms with Gasteiger partial charge in [0.1, 0.15) is 6.61 Å². The van der Waals surface area contributed by atoms with Crippen molar-refractivity contribution in [3.05, 3.63) is 12.2 Å². The third-order valence-electron chi connectivity index (χ3n) is 1.06. The molecule has 0 spiro atoms. The van der Waals surface area contributed by atoms with Crippen molar-refractivity contribution in [3.8, 4) is 0 Å². The maximum absolute atomic E-state index is 9.95. The van der Waals surface area contributed by atoms with Gasteiger partial charge in [-0.3, -0.25) is 0 Å². The Morgan fingerprint density at radius 1 is 1.55 bits per heavy atom. The van der Waals surface area contributed by atoms with Crippen molar-refractivity contribution < 1.29 is 14.6 Å². The number of hydrogen-bond donors (Lipinski definition) is 1. The smallest absolute Gasteiger partial charge is 0.329 e. The van der Waals surface area contributed by atoms with Crippen molar-refractivity contribution in [1.82, 2.24) is 0 Å². The molecule has 0 aromatic heterocycles. The predicted octanol–water partition coefficient (Wildman–Crippen LogP) is 1.44. The lowest BCUT2D eigenvalue weighted by Gasteiger charge is -1.95. The van der Waals surface area contributed by atoms with Crippen LogP contribution in [0.1, 0.15) is 19.8 Å². The largest absolute Gasteiger partial charge is 0.480 e. The highest BCUT2D eigenvalue weighted by Gasteiger charge is 1.93. The first kappa shape index (κ1) is 10.2. The Hall–Kier alpha value is -0.830. The van der Waals surface area contributed by atoms with Crippen molar-refractivity contribution >= 4 is 5.97 Å². The number of hydrogen-bond acceptors (Lipinski definition) is 2. The van der Waals surface area contributed by atoms with E-state index < -0.39 is 5.97 Å². The zero-order chi connectivity index (χ0) is 8.53. The predicted molar refractivity (Wildman–Crippen MR) is 42.5 cm³/mol. The Bertz CT molecular complexity index is 129. The van der Waals surface area contributed by atoms with Gasteiger partial charge in [0.25, 0.3) is 0 Å². The topological polar surface area (TPSA) is 46.5 Å². The number of rotatable bonds is 6. The first-order valence-electron chi connectivity index (χ1n) is 3.72. The normalized spacial score (nSPS) is 10.6. The minimum absolute atomic E-state index is 0.194. The van der Waals surface area contributed by atoms with Crippen LogP contribution in [-0.4, -0.2) is 24.3 Å². The van der Waals surface area contributed by atoms with E-state index in [2.05, 4.69) is 6.92 Å². The maximum Gasteiger partial charge on any atom is 0.329 e. The van der Waals surface area contributed by atoms with Crippen molar-refractivity contribution in [3.63, 3.8) is 0 Å². The number of carbonyl (C=O) groups is 1. The van der Waals surface area contributed by atoms with Crippen LogP contribution in [0.2, 0.25) is 0 Å². The van der Waals surface area contributed by atoms with Crippen molar-refractivity contribution in [2.45, 2.75) is 19.8 Å². The second-order valence-electron chi connectivity index (χ2n) is 2.11. The van der Waals surface area contributed by atoms with Crippen LogP contribution in [0.3, 0.4) is 0 Å². The molecule has 0 aliphatic rings. The van der Waals surface area contributed by atoms with E-state index in [0.29, 0.717) is 6.61 Å². The molecule has 3 heteroatoms. The molecule has 0 aliphatic heterocycles. The molecule has 0 atom stereocenters. The lowest BCUT2D eigenvalue weighted by Crippen LogP contribution is -2.07. The molecule has 0 unspecified atom stereocenters. The highest BCUT2D eigenvalue weighted by Crippen LogP contribution is 1.87. The van der Waals surface area contributed by atoms with Crippen molar-refractivity contribution in [2.24, 2.45) is 0 Å². The molecule has 0 aliphatic carbocycles. The zero-order valence-corrected chi connectivity index (χ0v) is 6.75. The Labute approximate surface area is 66.7 Å². The molecule has 64 valence electrons. The molecule has 0 saturated carbocycles. The van der Waals surface area contributed by atoms with Crippen LogP contribution in [-0.2, 0) is 9.53 Å². The van der Waals surface area contributed by atoms with Gasteiger partial charge < -0.3 is 9.84 Å². The number of carboxylic acids is 1. The average Bonchev–Trinajstić information content (AvgIpc) is 1.96. The zero-order valence-electron chi connectivity index (χ0n) is 6.75. The van der Waals surface area contributed by atoms with Crippen LogP contribution in [0.15, 0.2) is 12.2 Å². The minimum Gasteiger partial charge on any atom is -0.480 e. The maximum atomic E-state index is 9.95. The summed E-state index contributed by atoms with van der Waals surface area (Å²) in [6.45, 7) is 2.34. The molecule has 1 N–H and O–H groups in total. The van der Waals surface area contributed by atoms with E-state index in [1.54, 1.807) is 0 Å². The van der Waals surface area contributed by atoms with Gasteiger partial charge in [0.15, 0.2) is 0 Å². The summed E-state index contributed by atoms with van der Waals surface area (Å²) in [7, 11) is 0. The second kappa shape index (κ2) is 7.28. The van der Waals surface area contributed by atoms with E-state index in [-0.39, 0.29) is 6.61 Å². The fraction of sp³-hybridized carbons (Fsp3) is 0.625. The van der Waals surface area contributed by atoms with Crippen molar-refractivity contribution in [2.75, 3.05) is 13.2 Å². The van der Waals surface area contributed by atoms with Gasteiger partial charge in [0, 0.05) is 0 Å². The SMILES string of the molecule is CC/C=C/CCOCC(=O)O. The Kier molecular flexibility index (Phi) is 6.73. The summed E-state index contributed by atoms with van der Waals surface area (Å²) >= 11 is 0. The van der Waals surface area contributed by atoms with Gasteiger partial charge in [-0.15, -0.1) is 0 Å². The highest BCUT2D eigenvalue weighted by molar-refractivity contribution is 5.67. The Morgan fingerprint density at radius 2 is 2.27 bits per heavy atom. The molecular weight excluding hydrogens is 144 g/mol. The van der Waals surface area contributed by atoms with Crippen molar-refractivity contribution in [1.29, 1.82) is 0 Å². The lowest BCUT2D eigenvalue weighted by molar-refractivity contribution is -0.142. The number of ether oxygens (including phenoxy) is 1. The summed E-state index contributed by atoms with van der Waals surface area (Å²) in [4.78, 5) is 9.95. The van der Waals surface area contributed by atoms with Gasteiger partial charge in [-0.1, -0.05) is 19.1 Å². The number of carboxylic acid groups (broad SMARTS) is 1. The molecule has 3 nitrogen and oxygen atoms in total. The summed E-state index contributed by atoms with van der Waals surface area (Å²) < 4.78 is 4.79. The third kappa shape index (κ3) is 9.17. The standard InChI is InChI=1S/C8H14O3/c1-2-3-4-5-6-11-7-8(9)10/h3-4H,2,5-7H2,1H3,(H,9,10)/b4-3+. The molecule has 0 aromatic carbocycles. The Morgan fingerprint density at radius 3 is 2.82 bits per heavy atom. The van der Waals surface area contributed by atoms with E-state index in [1.807, 2.05) is 12.2 Å². The van der Waals surface area contributed by atoms with Crippen LogP contribution < -0.4 is 0 Å². The van der Waals surface area contributed by atoms with Gasteiger partial charge in [-0.2, -0.15) is 0 Å². The van der Waals surface area contributed by atoms with Crippen LogP contribution in [0, 0.1) is 0 Å². The molecule has 0 saturated heterocycles. The number of aliphatic carboxylic acids is 1. The molecule has 0 fully saturated rings. The van der Waals surface area contributed by atoms with Gasteiger partial charge in [-0.05, 0) is 12.8 Å². The molecule has 0 radical (unpaired) electrons. The molecule has 0 rings (SSSR count). The fourth-order valence-electron chi connectivity index (χ4n) is 0.595. The second-order valence-corrected chi connectivity index (χ2v) is 2.11. The molecule has 0 amide bonds. The van der Waals surface area contributed by atoms with E-state index >= 15 is 0 Å². The van der Waals surface area contributed by atoms with E-state index in [4.69, 9.17) is 9.84 Å². The quantitative estimate of drug-likeness (QED) is 0.470. The highest BCUT2D eigenvalue weighted by atomic mass is 16.5. The monoisotopic (exact) mass is 158 g/mol. The molecular formula is C8H14O3.